The Balaban J connectivity index is 2.76. The summed E-state index contributed by atoms with van der Waals surface area (Å²) in [5.74, 6) is -0.0827. The third kappa shape index (κ3) is 3.57. The van der Waals surface area contributed by atoms with E-state index in [1.165, 1.54) is 17.9 Å². The number of hydrogen-bond acceptors (Lipinski definition) is 5. The van der Waals surface area contributed by atoms with Crippen molar-refractivity contribution in [2.45, 2.75) is 45.4 Å². The van der Waals surface area contributed by atoms with Crippen LogP contribution in [0.25, 0.3) is 0 Å². The fraction of sp³-hybridized carbons (Fsp3) is 0.750. The van der Waals surface area contributed by atoms with E-state index in [0.29, 0.717) is 13.2 Å². The number of ether oxygens (including phenoxy) is 1. The smallest absolute Gasteiger partial charge is 0.390 e. The standard InChI is InChI=1S/C12H23N3O4Si/c1-12(2,3)20(5,6)19-8-7-14-10(15(16)17)9-13-11(14)18-4/h9H,7-8H2,1-6H3. The van der Waals surface area contributed by atoms with E-state index in [0.717, 1.165) is 0 Å². The zero-order valence-electron chi connectivity index (χ0n) is 13.0. The fourth-order valence-electron chi connectivity index (χ4n) is 1.48. The predicted octanol–water partition coefficient (Wildman–Crippen LogP) is 2.82. The molecule has 0 saturated carbocycles. The van der Waals surface area contributed by atoms with Gasteiger partial charge in [0.25, 0.3) is 0 Å². The van der Waals surface area contributed by atoms with Crippen LogP contribution in [0.2, 0.25) is 18.1 Å². The van der Waals surface area contributed by atoms with Gasteiger partial charge in [0.05, 0.1) is 13.7 Å². The minimum Gasteiger partial charge on any atom is -0.451 e. The van der Waals surface area contributed by atoms with Gasteiger partial charge in [-0.3, -0.25) is 0 Å². The normalized spacial score (nSPS) is 12.5. The first-order chi connectivity index (χ1) is 9.10. The van der Waals surface area contributed by atoms with E-state index in [4.69, 9.17) is 9.16 Å². The summed E-state index contributed by atoms with van der Waals surface area (Å²) >= 11 is 0. The van der Waals surface area contributed by atoms with E-state index in [1.807, 2.05) is 0 Å². The molecule has 1 aromatic heterocycles. The van der Waals surface area contributed by atoms with Gasteiger partial charge in [0.2, 0.25) is 0 Å². The molecule has 0 unspecified atom stereocenters. The van der Waals surface area contributed by atoms with Gasteiger partial charge < -0.3 is 19.3 Å². The quantitative estimate of drug-likeness (QED) is 0.458. The average molecular weight is 301 g/mol. The second-order valence-electron chi connectivity index (χ2n) is 6.12. The van der Waals surface area contributed by atoms with Gasteiger partial charge in [0.15, 0.2) is 8.32 Å². The van der Waals surface area contributed by atoms with Crippen LogP contribution in [0.5, 0.6) is 6.01 Å². The van der Waals surface area contributed by atoms with Crippen LogP contribution in [0.3, 0.4) is 0 Å². The van der Waals surface area contributed by atoms with Gasteiger partial charge in [-0.1, -0.05) is 20.8 Å². The zero-order valence-corrected chi connectivity index (χ0v) is 14.0. The molecule has 0 N–H and O–H groups in total. The van der Waals surface area contributed by atoms with Crippen molar-refractivity contribution >= 4 is 14.1 Å². The Morgan fingerprint density at radius 3 is 2.50 bits per heavy atom. The van der Waals surface area contributed by atoms with Gasteiger partial charge in [-0.05, 0) is 23.1 Å². The van der Waals surface area contributed by atoms with Crippen molar-refractivity contribution in [3.8, 4) is 6.01 Å². The zero-order chi connectivity index (χ0) is 15.6. The topological polar surface area (TPSA) is 79.4 Å². The van der Waals surface area contributed by atoms with Gasteiger partial charge in [-0.25, -0.2) is 0 Å². The maximum absolute atomic E-state index is 10.9. The minimum absolute atomic E-state index is 0.0827. The first-order valence-electron chi connectivity index (χ1n) is 6.48. The largest absolute Gasteiger partial charge is 0.451 e. The molecular formula is C12H23N3O4Si. The minimum atomic E-state index is -1.85. The molecule has 0 amide bonds. The average Bonchev–Trinajstić information content (AvgIpc) is 2.70. The number of methoxy groups -OCH3 is 1. The maximum Gasteiger partial charge on any atom is 0.390 e. The lowest BCUT2D eigenvalue weighted by molar-refractivity contribution is -0.392. The molecule has 0 aliphatic carbocycles. The highest BCUT2D eigenvalue weighted by molar-refractivity contribution is 6.74. The molecule has 0 aliphatic rings. The van der Waals surface area contributed by atoms with Crippen molar-refractivity contribution in [2.24, 2.45) is 0 Å². The summed E-state index contributed by atoms with van der Waals surface area (Å²) in [6, 6.07) is 0.232. The third-order valence-electron chi connectivity index (χ3n) is 3.75. The molecule has 7 nitrogen and oxygen atoms in total. The lowest BCUT2D eigenvalue weighted by atomic mass is 10.2. The Bertz CT molecular complexity index is 480. The molecule has 0 aromatic carbocycles. The van der Waals surface area contributed by atoms with Crippen molar-refractivity contribution in [1.29, 1.82) is 0 Å². The molecule has 1 rings (SSSR count). The van der Waals surface area contributed by atoms with Gasteiger partial charge in [-0.2, -0.15) is 9.55 Å². The molecule has 20 heavy (non-hydrogen) atoms. The van der Waals surface area contributed by atoms with E-state index >= 15 is 0 Å². The summed E-state index contributed by atoms with van der Waals surface area (Å²) in [7, 11) is -0.413. The molecule has 0 atom stereocenters. The second-order valence-corrected chi connectivity index (χ2v) is 10.9. The highest BCUT2D eigenvalue weighted by atomic mass is 28.4. The number of imidazole rings is 1. The van der Waals surface area contributed by atoms with E-state index < -0.39 is 13.2 Å². The van der Waals surface area contributed by atoms with Gasteiger partial charge in [0.1, 0.15) is 12.7 Å². The monoisotopic (exact) mass is 301 g/mol. The Morgan fingerprint density at radius 2 is 2.05 bits per heavy atom. The third-order valence-corrected chi connectivity index (χ3v) is 8.29. The molecule has 0 fully saturated rings. The Hall–Kier alpha value is -1.41. The molecule has 8 heteroatoms. The van der Waals surface area contributed by atoms with Crippen molar-refractivity contribution in [3.63, 3.8) is 0 Å². The van der Waals surface area contributed by atoms with E-state index in [2.05, 4.69) is 38.8 Å². The lowest BCUT2D eigenvalue weighted by Crippen LogP contribution is -2.41. The van der Waals surface area contributed by atoms with Gasteiger partial charge >= 0.3 is 11.8 Å². The molecule has 0 bridgehead atoms. The molecule has 0 saturated heterocycles. The van der Waals surface area contributed by atoms with Gasteiger partial charge in [0, 0.05) is 0 Å². The second kappa shape index (κ2) is 5.92. The van der Waals surface area contributed by atoms with E-state index in [1.54, 1.807) is 0 Å². The van der Waals surface area contributed by atoms with Crippen LogP contribution in [-0.4, -0.2) is 36.5 Å². The number of nitro groups is 1. The number of nitrogens with zero attached hydrogens (tertiary/aromatic N) is 3. The predicted molar refractivity (Wildman–Crippen MR) is 78.6 cm³/mol. The number of aromatic nitrogens is 2. The summed E-state index contributed by atoms with van der Waals surface area (Å²) in [5.41, 5.74) is 0. The van der Waals surface area contributed by atoms with Crippen molar-refractivity contribution in [1.82, 2.24) is 9.55 Å². The number of hydrogen-bond donors (Lipinski definition) is 0. The van der Waals surface area contributed by atoms with Crippen LogP contribution in [0.1, 0.15) is 20.8 Å². The van der Waals surface area contributed by atoms with Crippen LogP contribution in [0.4, 0.5) is 5.82 Å². The first kappa shape index (κ1) is 16.6. The summed E-state index contributed by atoms with van der Waals surface area (Å²) in [6.07, 6.45) is 1.20. The van der Waals surface area contributed by atoms with Crippen LogP contribution in [0.15, 0.2) is 6.20 Å². The summed E-state index contributed by atoms with van der Waals surface area (Å²) < 4.78 is 12.5. The van der Waals surface area contributed by atoms with E-state index in [9.17, 15) is 10.1 Å². The summed E-state index contributed by atoms with van der Waals surface area (Å²) in [6.45, 7) is 11.5. The van der Waals surface area contributed by atoms with Crippen LogP contribution in [-0.2, 0) is 11.0 Å². The van der Waals surface area contributed by atoms with Crippen molar-refractivity contribution in [3.05, 3.63) is 16.3 Å². The Kier molecular flexibility index (Phi) is 4.93. The van der Waals surface area contributed by atoms with Crippen LogP contribution < -0.4 is 4.74 Å². The highest BCUT2D eigenvalue weighted by Crippen LogP contribution is 2.36. The van der Waals surface area contributed by atoms with Gasteiger partial charge in [-0.15, -0.1) is 0 Å². The molecule has 0 radical (unpaired) electrons. The fourth-order valence-corrected chi connectivity index (χ4v) is 2.51. The SMILES string of the molecule is COc1ncc([N+](=O)[O-])n1CCO[Si](C)(C)C(C)(C)C. The summed E-state index contributed by atoms with van der Waals surface area (Å²) in [5, 5.41) is 11.0. The highest BCUT2D eigenvalue weighted by Gasteiger charge is 2.37. The Morgan fingerprint density at radius 1 is 1.45 bits per heavy atom. The molecule has 1 aromatic rings. The molecule has 0 aliphatic heterocycles. The molecule has 1 heterocycles. The lowest BCUT2D eigenvalue weighted by Gasteiger charge is -2.35. The van der Waals surface area contributed by atoms with E-state index in [-0.39, 0.29) is 16.9 Å². The summed E-state index contributed by atoms with van der Waals surface area (Å²) in [4.78, 5) is 14.3. The molecule has 0 spiro atoms. The maximum atomic E-state index is 10.9. The van der Waals surface area contributed by atoms with Crippen molar-refractivity contribution < 1.29 is 14.1 Å². The van der Waals surface area contributed by atoms with Crippen LogP contribution in [0, 0.1) is 10.1 Å². The Labute approximate surface area is 120 Å². The van der Waals surface area contributed by atoms with Crippen LogP contribution >= 0.6 is 0 Å². The van der Waals surface area contributed by atoms with Crippen molar-refractivity contribution in [2.75, 3.05) is 13.7 Å². The first-order valence-corrected chi connectivity index (χ1v) is 9.39. The molecule has 114 valence electrons. The molecular weight excluding hydrogens is 278 g/mol. The number of rotatable bonds is 6.